The molecule has 0 amide bonds. The molecule has 0 saturated carbocycles. The molecule has 1 atom stereocenters. The number of imidazole rings is 1. The van der Waals surface area contributed by atoms with Gasteiger partial charge in [0, 0.05) is 52.1 Å². The maximum atomic E-state index is 15.4. The fourth-order valence-corrected chi connectivity index (χ4v) is 5.34. The number of hydrogen-bond acceptors (Lipinski definition) is 4. The van der Waals surface area contributed by atoms with E-state index >= 15 is 8.78 Å². The predicted molar refractivity (Wildman–Crippen MR) is 152 cm³/mol. The van der Waals surface area contributed by atoms with Crippen LogP contribution in [0.4, 0.5) is 13.2 Å². The van der Waals surface area contributed by atoms with Gasteiger partial charge < -0.3 is 24.8 Å². The Morgan fingerprint density at radius 3 is 2.68 bits per heavy atom. The fraction of sp³-hybridized carbons (Fsp3) is 0.281. The average Bonchev–Trinajstić information content (AvgIpc) is 3.63. The lowest BCUT2D eigenvalue weighted by atomic mass is 9.75. The summed E-state index contributed by atoms with van der Waals surface area (Å²) in [4.78, 5) is 10.5. The van der Waals surface area contributed by atoms with E-state index in [1.807, 2.05) is 45.0 Å². The van der Waals surface area contributed by atoms with Gasteiger partial charge in [0.05, 0.1) is 17.7 Å². The van der Waals surface area contributed by atoms with E-state index in [0.717, 1.165) is 23.4 Å². The minimum atomic E-state index is -1.12. The normalized spacial score (nSPS) is 17.0. The maximum absolute atomic E-state index is 15.4. The number of para-hydroxylation sites is 1. The molecular formula is C32H31F3N4O2. The highest BCUT2D eigenvalue weighted by molar-refractivity contribution is 5.86. The zero-order chi connectivity index (χ0) is 28.9. The smallest absolute Gasteiger partial charge is 0.203 e. The Bertz CT molecular complexity index is 1750. The molecule has 9 heteroatoms. The van der Waals surface area contributed by atoms with E-state index in [4.69, 9.17) is 9.47 Å². The molecule has 0 unspecified atom stereocenters. The first kappa shape index (κ1) is 27.0. The minimum Gasteiger partial charge on any atom is -0.493 e. The van der Waals surface area contributed by atoms with E-state index in [1.54, 1.807) is 18.5 Å². The van der Waals surface area contributed by atoms with Crippen LogP contribution in [0.5, 0.6) is 17.2 Å². The first-order valence-electron chi connectivity index (χ1n) is 13.5. The van der Waals surface area contributed by atoms with Crippen molar-refractivity contribution in [3.63, 3.8) is 0 Å². The molecule has 212 valence electrons. The summed E-state index contributed by atoms with van der Waals surface area (Å²) < 4.78 is 57.3. The van der Waals surface area contributed by atoms with E-state index in [0.29, 0.717) is 23.4 Å². The summed E-state index contributed by atoms with van der Waals surface area (Å²) in [7, 11) is 0. The summed E-state index contributed by atoms with van der Waals surface area (Å²) in [6.07, 6.45) is 3.98. The number of nitrogens with one attached hydrogen (secondary N) is 3. The van der Waals surface area contributed by atoms with Crippen molar-refractivity contribution in [2.24, 2.45) is 0 Å². The molecule has 6 rings (SSSR count). The van der Waals surface area contributed by atoms with Crippen LogP contribution in [0.3, 0.4) is 0 Å². The van der Waals surface area contributed by atoms with Crippen LogP contribution in [-0.2, 0) is 12.0 Å². The van der Waals surface area contributed by atoms with Gasteiger partial charge in [0.2, 0.25) is 5.82 Å². The first-order chi connectivity index (χ1) is 19.5. The summed E-state index contributed by atoms with van der Waals surface area (Å²) in [5.41, 5.74) is 1.80. The first-order valence-corrected chi connectivity index (χ1v) is 13.5. The van der Waals surface area contributed by atoms with Gasteiger partial charge in [-0.1, -0.05) is 18.2 Å². The average molecular weight is 561 g/mol. The molecule has 3 N–H and O–H groups in total. The third-order valence-corrected chi connectivity index (χ3v) is 7.68. The van der Waals surface area contributed by atoms with Crippen molar-refractivity contribution in [2.45, 2.75) is 51.6 Å². The Morgan fingerprint density at radius 2 is 1.88 bits per heavy atom. The lowest BCUT2D eigenvalue weighted by Crippen LogP contribution is -2.35. The molecule has 2 aromatic heterocycles. The molecule has 3 aromatic carbocycles. The van der Waals surface area contributed by atoms with Crippen LogP contribution in [0.1, 0.15) is 50.9 Å². The SMILES string of the molecule is CC(C)(C)NCc1c(Oc2ccc(F)c(-c3ncc([C@]4(C)CCOc5ccccc54)[nH]3)c2)c(F)c(F)c2[nH]ccc12. The van der Waals surface area contributed by atoms with Gasteiger partial charge >= 0.3 is 0 Å². The molecule has 0 aliphatic carbocycles. The number of ether oxygens (including phenoxy) is 2. The van der Waals surface area contributed by atoms with Crippen LogP contribution in [-0.4, -0.2) is 27.1 Å². The van der Waals surface area contributed by atoms with Crippen LogP contribution < -0.4 is 14.8 Å². The molecule has 0 spiro atoms. The highest BCUT2D eigenvalue weighted by atomic mass is 19.2. The van der Waals surface area contributed by atoms with Crippen LogP contribution in [0.2, 0.25) is 0 Å². The fourth-order valence-electron chi connectivity index (χ4n) is 5.34. The van der Waals surface area contributed by atoms with Gasteiger partial charge in [0.25, 0.3) is 0 Å². The minimum absolute atomic E-state index is 0.0617. The van der Waals surface area contributed by atoms with Crippen LogP contribution in [0.15, 0.2) is 60.9 Å². The monoisotopic (exact) mass is 560 g/mol. The van der Waals surface area contributed by atoms with Crippen molar-refractivity contribution in [3.05, 3.63) is 95.2 Å². The van der Waals surface area contributed by atoms with Crippen LogP contribution in [0, 0.1) is 17.5 Å². The number of rotatable bonds is 6. The molecule has 1 aliphatic heterocycles. The van der Waals surface area contributed by atoms with Gasteiger partial charge in [-0.05, 0) is 64.4 Å². The molecule has 41 heavy (non-hydrogen) atoms. The molecule has 5 aromatic rings. The van der Waals surface area contributed by atoms with E-state index in [2.05, 4.69) is 27.2 Å². The second-order valence-electron chi connectivity index (χ2n) is 11.6. The molecular weight excluding hydrogens is 529 g/mol. The number of aromatic nitrogens is 3. The second-order valence-corrected chi connectivity index (χ2v) is 11.6. The van der Waals surface area contributed by atoms with Gasteiger partial charge in [-0.2, -0.15) is 4.39 Å². The number of benzene rings is 3. The molecule has 1 aliphatic rings. The summed E-state index contributed by atoms with van der Waals surface area (Å²) >= 11 is 0. The van der Waals surface area contributed by atoms with Gasteiger partial charge in [-0.25, -0.2) is 13.8 Å². The van der Waals surface area contributed by atoms with E-state index in [-0.39, 0.29) is 34.7 Å². The lowest BCUT2D eigenvalue weighted by molar-refractivity contribution is 0.241. The number of fused-ring (bicyclic) bond motifs is 2. The van der Waals surface area contributed by atoms with Crippen molar-refractivity contribution in [1.29, 1.82) is 0 Å². The molecule has 0 radical (unpaired) electrons. The number of H-pyrrole nitrogens is 2. The highest BCUT2D eigenvalue weighted by Crippen LogP contribution is 2.43. The maximum Gasteiger partial charge on any atom is 0.203 e. The zero-order valence-corrected chi connectivity index (χ0v) is 23.3. The Hall–Kier alpha value is -4.24. The largest absolute Gasteiger partial charge is 0.493 e. The van der Waals surface area contributed by atoms with Crippen molar-refractivity contribution in [2.75, 3.05) is 6.61 Å². The number of halogens is 3. The standard InChI is InChI=1S/C32H31F3N4O2/c1-31(2,3)38-16-21-19-11-13-36-28(19)26(34)27(35)29(21)41-18-9-10-23(33)20(15-18)30-37-17-25(39-30)32(4)12-14-40-24-8-6-5-7-22(24)32/h5-11,13,15,17,36,38H,12,14,16H2,1-4H3,(H,37,39)/t32-/m1/s1. The zero-order valence-electron chi connectivity index (χ0n) is 23.3. The topological polar surface area (TPSA) is 75.0 Å². The molecule has 3 heterocycles. The highest BCUT2D eigenvalue weighted by Gasteiger charge is 2.36. The van der Waals surface area contributed by atoms with Gasteiger partial charge in [0.15, 0.2) is 11.6 Å². The third kappa shape index (κ3) is 4.84. The van der Waals surface area contributed by atoms with Gasteiger partial charge in [-0.15, -0.1) is 0 Å². The molecule has 6 nitrogen and oxygen atoms in total. The molecule has 0 saturated heterocycles. The van der Waals surface area contributed by atoms with E-state index < -0.39 is 22.9 Å². The van der Waals surface area contributed by atoms with Gasteiger partial charge in [0.1, 0.15) is 23.1 Å². The number of aromatic amines is 2. The number of hydrogen-bond donors (Lipinski definition) is 3. The van der Waals surface area contributed by atoms with Crippen molar-refractivity contribution < 1.29 is 22.6 Å². The van der Waals surface area contributed by atoms with Crippen LogP contribution >= 0.6 is 0 Å². The van der Waals surface area contributed by atoms with Crippen molar-refractivity contribution in [1.82, 2.24) is 20.3 Å². The second kappa shape index (κ2) is 9.99. The Balaban J connectivity index is 1.37. The number of nitrogens with zero attached hydrogens (tertiary/aromatic N) is 1. The summed E-state index contributed by atoms with van der Waals surface area (Å²) in [6, 6.07) is 13.6. The predicted octanol–water partition coefficient (Wildman–Crippen LogP) is 7.74. The molecule has 0 fully saturated rings. The Kier molecular flexibility index (Phi) is 6.57. The van der Waals surface area contributed by atoms with Crippen molar-refractivity contribution in [3.8, 4) is 28.6 Å². The van der Waals surface area contributed by atoms with Crippen LogP contribution in [0.25, 0.3) is 22.3 Å². The summed E-state index contributed by atoms with van der Waals surface area (Å²) in [5, 5.41) is 3.82. The Labute approximate surface area is 235 Å². The molecule has 0 bridgehead atoms. The van der Waals surface area contributed by atoms with E-state index in [1.165, 1.54) is 18.2 Å². The van der Waals surface area contributed by atoms with E-state index in [9.17, 15) is 4.39 Å². The third-order valence-electron chi connectivity index (χ3n) is 7.68. The quantitative estimate of drug-likeness (QED) is 0.199. The summed E-state index contributed by atoms with van der Waals surface area (Å²) in [6.45, 7) is 8.80. The van der Waals surface area contributed by atoms with Gasteiger partial charge in [-0.3, -0.25) is 0 Å². The summed E-state index contributed by atoms with van der Waals surface area (Å²) in [5.74, 6) is -1.69. The Morgan fingerprint density at radius 1 is 1.07 bits per heavy atom. The van der Waals surface area contributed by atoms with Crippen molar-refractivity contribution >= 4 is 10.9 Å². The lowest BCUT2D eigenvalue weighted by Gasteiger charge is -2.34.